The number of carbonyl (C=O) groups excluding carboxylic acids is 16. The van der Waals surface area contributed by atoms with Gasteiger partial charge in [-0.1, -0.05) is 26.3 Å². The van der Waals surface area contributed by atoms with Crippen LogP contribution >= 0.6 is 0 Å². The number of aromatic nitrogens is 10. The van der Waals surface area contributed by atoms with Gasteiger partial charge >= 0.3 is 82.5 Å². The van der Waals surface area contributed by atoms with Crippen molar-refractivity contribution in [2.24, 2.45) is 0 Å². The molecular formula is C68H69F5N18O35. The van der Waals surface area contributed by atoms with Crippen molar-refractivity contribution < 1.29 is 142 Å². The lowest BCUT2D eigenvalue weighted by Gasteiger charge is -2.15. The number of H-pyrrole nitrogens is 5. The number of rotatable bonds is 28. The van der Waals surface area contributed by atoms with Gasteiger partial charge in [-0.3, -0.25) is 106 Å². The second-order valence-electron chi connectivity index (χ2n) is 25.1. The minimum absolute atomic E-state index is 0.0481. The molecule has 8 N–H and O–H groups in total. The van der Waals surface area contributed by atoms with E-state index in [2.05, 4.69) is 56.0 Å². The summed E-state index contributed by atoms with van der Waals surface area (Å²) in [7, 11) is 0. The van der Waals surface area contributed by atoms with Crippen molar-refractivity contribution in [3.05, 3.63) is 213 Å². The van der Waals surface area contributed by atoms with Crippen molar-refractivity contribution in [3.63, 3.8) is 0 Å². The highest BCUT2D eigenvalue weighted by Crippen LogP contribution is 2.24. The lowest BCUT2D eigenvalue weighted by Crippen LogP contribution is -2.43. The maximum atomic E-state index is 13.1. The van der Waals surface area contributed by atoms with Gasteiger partial charge in [-0.05, 0) is 25.7 Å². The molecule has 9 amide bonds. The molecule has 0 aliphatic carbocycles. The Bertz CT molecular complexity index is 5770. The van der Waals surface area contributed by atoms with Crippen molar-refractivity contribution in [2.75, 3.05) is 26.3 Å². The first kappa shape index (κ1) is 98.2. The van der Waals surface area contributed by atoms with Crippen LogP contribution in [0.1, 0.15) is 103 Å². The molecule has 0 radical (unpaired) electrons. The van der Waals surface area contributed by atoms with Gasteiger partial charge in [0.25, 0.3) is 63.2 Å². The van der Waals surface area contributed by atoms with E-state index in [-0.39, 0.29) is 113 Å². The molecule has 0 spiro atoms. The Labute approximate surface area is 693 Å². The summed E-state index contributed by atoms with van der Waals surface area (Å²) >= 11 is 0. The molecule has 0 atom stereocenters. The molecule has 5 aliphatic heterocycles. The Morgan fingerprint density at radius 3 is 1.12 bits per heavy atom. The number of carbonyl (C=O) groups is 16. The van der Waals surface area contributed by atoms with E-state index in [9.17, 15) is 147 Å². The summed E-state index contributed by atoms with van der Waals surface area (Å²) in [6.07, 6.45) is 0.819. The van der Waals surface area contributed by atoms with E-state index < -0.39 is 202 Å². The number of hydroxylamine groups is 10. The smallest absolute Gasteiger partial charge is 0.449 e. The average Bonchev–Trinajstić information content (AvgIpc) is 1.28. The molecule has 0 bridgehead atoms. The molecule has 5 fully saturated rings. The van der Waals surface area contributed by atoms with Crippen molar-refractivity contribution in [1.29, 1.82) is 0 Å². The standard InChI is InChI=1S/C16H17FN4O10.C14H15FN4O7.C14H14FN3O7.C12H11FN4O6.C12H12FN3O5/c17-9-7-20(15(27)19-14(9)26)8-30-16(28)29-6-5-18-10(22)1-4-13(25)31-21-11(23)2-3-12(21)24;1-8-2-3-10(20)19(8)26-11(21)4-5-25-14(24)16-7-18-6-9(15)12(22)17-13(18)23;1-8-2-3-10(19)18(8)25-12(21)5-4-11(20)24-7-17-6-9(15)13(22)16-14(17)23;1-6-2-3-8(18)17(6)23-9(19)4-14-11(21)16-5-7(13)10(20)15-12(16)22;1-7-2-3-9(17)16(7)21-10(18)4-5-15-6-8(13)11(19)14-12(15)20/h7H,1-6,8H2,(H,18,22)(H,19,26,27);6H,1-5,7H2,(H,16,24)(H,17,22,23);6H,1-5,7H2,(H,16,22,23);5H,1-4H2,(H,14,21)(H,15,20,22);6H,1-5H2,(H,14,19,20). The van der Waals surface area contributed by atoms with Crippen molar-refractivity contribution >= 4 is 95.4 Å². The molecule has 5 aliphatic rings. The molecule has 0 saturated carbocycles. The molecule has 0 aromatic carbocycles. The highest BCUT2D eigenvalue weighted by molar-refractivity contribution is 6.01. The first-order valence-electron chi connectivity index (χ1n) is 35.7. The van der Waals surface area contributed by atoms with Gasteiger partial charge in [-0.2, -0.15) is 22.0 Å². The molecular weight excluding hydrogens is 1720 g/mol. The van der Waals surface area contributed by atoms with E-state index in [1.165, 1.54) is 0 Å². The normalized spacial score (nSPS) is 13.8. The Morgan fingerprint density at radius 2 is 0.675 bits per heavy atom. The zero-order valence-corrected chi connectivity index (χ0v) is 64.8. The first-order valence-corrected chi connectivity index (χ1v) is 35.7. The number of aromatic amines is 5. The second kappa shape index (κ2) is 46.2. The summed E-state index contributed by atoms with van der Waals surface area (Å²) in [5.41, 5.74) is -9.48. The molecule has 126 heavy (non-hydrogen) atoms. The summed E-state index contributed by atoms with van der Waals surface area (Å²) in [6.45, 7) is 10.7. The molecule has 5 aromatic heterocycles. The minimum atomic E-state index is -1.35. The van der Waals surface area contributed by atoms with Gasteiger partial charge in [0.15, 0.2) is 13.5 Å². The van der Waals surface area contributed by atoms with E-state index in [1.807, 2.05) is 5.32 Å². The number of aryl methyl sites for hydroxylation is 1. The van der Waals surface area contributed by atoms with Crippen LogP contribution in [0.5, 0.6) is 0 Å². The Kier molecular flexibility index (Phi) is 36.0. The predicted octanol–water partition coefficient (Wildman–Crippen LogP) is -4.33. The van der Waals surface area contributed by atoms with Gasteiger partial charge in [0, 0.05) is 51.5 Å². The molecule has 58 heteroatoms. The summed E-state index contributed by atoms with van der Waals surface area (Å²) in [4.78, 5) is 327. The summed E-state index contributed by atoms with van der Waals surface area (Å²) < 4.78 is 86.8. The van der Waals surface area contributed by atoms with Gasteiger partial charge in [0.1, 0.15) is 26.4 Å². The third kappa shape index (κ3) is 30.2. The number of alkyl carbamates (subject to hydrolysis) is 1. The van der Waals surface area contributed by atoms with E-state index in [1.54, 1.807) is 24.9 Å². The largest absolute Gasteiger partial charge is 0.510 e. The molecule has 0 unspecified atom stereocenters. The number of imide groups is 1. The highest BCUT2D eigenvalue weighted by atomic mass is 19.1. The SMILES string of the molecule is C=C1CCC(=O)N1OC(=O)CCC(=O)OCn1cc(F)c(=O)[nH]c1=O.C=C1CCC(=O)N1OC(=O)CCOC(=O)NCn1cc(F)c(=O)[nH]c1=O.C=C1CCC(=O)N1OC(=O)CCn1cc(F)c(=O)[nH]c1=O.C=C1CCC(=O)N1OC(=O)CNC(=O)n1cc(F)c(=O)[nH]c1=O.O=C(CCC(=O)ON1C(=O)CCC1=O)NCCOC(=O)OCn1cc(F)c(=O)[nH]c1=O. The number of allylic oxidation sites excluding steroid dienone is 4. The summed E-state index contributed by atoms with van der Waals surface area (Å²) in [5, 5.41) is 9.95. The van der Waals surface area contributed by atoms with Crippen LogP contribution in [-0.2, 0) is 132 Å². The number of nitrogens with one attached hydrogen (secondary N) is 8. The van der Waals surface area contributed by atoms with E-state index >= 15 is 0 Å². The Balaban J connectivity index is 0.000000245. The fourth-order valence-corrected chi connectivity index (χ4v) is 9.45. The maximum Gasteiger partial charge on any atom is 0.510 e. The number of nitrogens with zero attached hydrogens (tertiary/aromatic N) is 10. The fourth-order valence-electron chi connectivity index (χ4n) is 9.45. The number of amides is 9. The van der Waals surface area contributed by atoms with Crippen molar-refractivity contribution in [3.8, 4) is 0 Å². The zero-order chi connectivity index (χ0) is 93.5. The molecule has 53 nitrogen and oxygen atoms in total. The Morgan fingerprint density at radius 1 is 0.333 bits per heavy atom. The summed E-state index contributed by atoms with van der Waals surface area (Å²) in [5.74, 6) is -14.8. The number of halogens is 5. The maximum absolute atomic E-state index is 13.1. The molecule has 5 saturated heterocycles. The molecule has 10 rings (SSSR count). The van der Waals surface area contributed by atoms with Crippen LogP contribution in [0.15, 0.2) is 128 Å². The lowest BCUT2D eigenvalue weighted by molar-refractivity contribution is -0.197. The number of hydrogen-bond donors (Lipinski definition) is 8. The van der Waals surface area contributed by atoms with Gasteiger partial charge < -0.3 is 59.1 Å². The highest BCUT2D eigenvalue weighted by Gasteiger charge is 2.35. The van der Waals surface area contributed by atoms with E-state index in [4.69, 9.17) is 24.1 Å². The second-order valence-corrected chi connectivity index (χ2v) is 25.1. The predicted molar refractivity (Wildman–Crippen MR) is 391 cm³/mol. The topological polar surface area (TPSA) is 683 Å². The van der Waals surface area contributed by atoms with Crippen molar-refractivity contribution in [1.82, 2.24) is 89.0 Å². The van der Waals surface area contributed by atoms with Gasteiger partial charge in [0.05, 0.1) is 92.4 Å². The van der Waals surface area contributed by atoms with Crippen molar-refractivity contribution in [2.45, 2.75) is 129 Å². The fraction of sp³-hybridized carbons (Fsp3) is 0.353. The third-order valence-corrected chi connectivity index (χ3v) is 15.8. The Hall–Kier alpha value is -16.7. The average molecular weight is 1790 g/mol. The van der Waals surface area contributed by atoms with Crippen LogP contribution in [0, 0.1) is 29.1 Å². The molecule has 10 heterocycles. The van der Waals surface area contributed by atoms with Gasteiger partial charge in [-0.25, -0.2) is 66.9 Å². The van der Waals surface area contributed by atoms with E-state index in [0.29, 0.717) is 98.2 Å². The van der Waals surface area contributed by atoms with Gasteiger partial charge in [-0.15, -0.1) is 25.3 Å². The zero-order valence-electron chi connectivity index (χ0n) is 64.8. The summed E-state index contributed by atoms with van der Waals surface area (Å²) in [6, 6.07) is -1.16. The van der Waals surface area contributed by atoms with E-state index in [0.717, 1.165) is 24.8 Å². The van der Waals surface area contributed by atoms with Crippen LogP contribution in [0.2, 0.25) is 0 Å². The number of ether oxygens (including phenoxy) is 4. The van der Waals surface area contributed by atoms with Crippen LogP contribution in [0.3, 0.4) is 0 Å². The molecule has 676 valence electrons. The monoisotopic (exact) mass is 1790 g/mol. The number of hydrogen-bond acceptors (Lipinski definition) is 35. The first-order chi connectivity index (χ1) is 59.4. The lowest BCUT2D eigenvalue weighted by atomic mass is 10.3. The quantitative estimate of drug-likeness (QED) is 0.00772. The third-order valence-electron chi connectivity index (χ3n) is 15.8. The van der Waals surface area contributed by atoms with Crippen LogP contribution < -0.4 is 72.2 Å². The number of esters is 1. The molecule has 5 aromatic rings. The van der Waals surface area contributed by atoms with Gasteiger partial charge in [0.2, 0.25) is 35.0 Å². The minimum Gasteiger partial charge on any atom is -0.449 e. The van der Waals surface area contributed by atoms with Crippen LogP contribution in [0.4, 0.5) is 36.3 Å². The van der Waals surface area contributed by atoms with Crippen LogP contribution in [0.25, 0.3) is 0 Å². The van der Waals surface area contributed by atoms with Crippen LogP contribution in [-0.4, -0.2) is 195 Å².